The average molecular weight is 226 g/mol. The maximum absolute atomic E-state index is 5.61. The number of benzene rings is 1. The van der Waals surface area contributed by atoms with Crippen molar-refractivity contribution < 1.29 is 9.47 Å². The molecule has 1 rings (SSSR count). The molecule has 0 fully saturated rings. The molecule has 1 atom stereocenters. The molecule has 0 saturated carbocycles. The first-order valence-electron chi connectivity index (χ1n) is 5.10. The molecule has 0 aliphatic rings. The molecule has 0 aliphatic carbocycles. The van der Waals surface area contributed by atoms with Gasteiger partial charge in [-0.15, -0.1) is 12.6 Å². The van der Waals surface area contributed by atoms with Gasteiger partial charge in [-0.2, -0.15) is 0 Å². The van der Waals surface area contributed by atoms with Crippen molar-refractivity contribution in [3.05, 3.63) is 23.8 Å². The summed E-state index contributed by atoms with van der Waals surface area (Å²) in [5.41, 5.74) is 1.01. The number of thiol groups is 1. The van der Waals surface area contributed by atoms with Gasteiger partial charge < -0.3 is 9.47 Å². The first-order chi connectivity index (χ1) is 6.97. The summed E-state index contributed by atoms with van der Waals surface area (Å²) >= 11 is 4.18. The van der Waals surface area contributed by atoms with Crippen LogP contribution in [0.3, 0.4) is 0 Å². The number of ether oxygens (including phenoxy) is 2. The van der Waals surface area contributed by atoms with Crippen LogP contribution in [-0.4, -0.2) is 11.5 Å². The summed E-state index contributed by atoms with van der Waals surface area (Å²) < 4.78 is 11.1. The van der Waals surface area contributed by atoms with Gasteiger partial charge in [-0.1, -0.05) is 0 Å². The molecule has 3 heteroatoms. The van der Waals surface area contributed by atoms with E-state index in [0.717, 1.165) is 17.1 Å². The minimum atomic E-state index is -0.112. The van der Waals surface area contributed by atoms with Crippen LogP contribution in [0.4, 0.5) is 0 Å². The largest absolute Gasteiger partial charge is 0.491 e. The molecule has 0 bridgehead atoms. The third-order valence-electron chi connectivity index (χ3n) is 1.70. The Labute approximate surface area is 97.0 Å². The van der Waals surface area contributed by atoms with Crippen molar-refractivity contribution in [3.8, 4) is 11.5 Å². The van der Waals surface area contributed by atoms with E-state index >= 15 is 0 Å². The minimum Gasteiger partial charge on any atom is -0.491 e. The summed E-state index contributed by atoms with van der Waals surface area (Å²) in [6.07, 6.45) is 0.174. The molecule has 0 heterocycles. The quantitative estimate of drug-likeness (QED) is 0.626. The van der Waals surface area contributed by atoms with Crippen molar-refractivity contribution in [3.63, 3.8) is 0 Å². The number of rotatable bonds is 4. The van der Waals surface area contributed by atoms with Gasteiger partial charge in [0.15, 0.2) is 0 Å². The molecule has 0 N–H and O–H groups in total. The molecule has 84 valence electrons. The van der Waals surface area contributed by atoms with Crippen molar-refractivity contribution in [2.45, 2.75) is 39.2 Å². The van der Waals surface area contributed by atoms with Gasteiger partial charge in [0.1, 0.15) is 16.9 Å². The van der Waals surface area contributed by atoms with E-state index in [1.807, 2.05) is 45.9 Å². The van der Waals surface area contributed by atoms with Gasteiger partial charge in [0, 0.05) is 6.07 Å². The fraction of sp³-hybridized carbons (Fsp3) is 0.500. The molecule has 2 nitrogen and oxygen atoms in total. The van der Waals surface area contributed by atoms with E-state index in [4.69, 9.17) is 9.47 Å². The smallest absolute Gasteiger partial charge is 0.138 e. The highest BCUT2D eigenvalue weighted by Crippen LogP contribution is 2.24. The monoisotopic (exact) mass is 226 g/mol. The fourth-order valence-corrected chi connectivity index (χ4v) is 1.44. The second-order valence-electron chi connectivity index (χ2n) is 3.87. The molecule has 0 aromatic heterocycles. The molecule has 0 saturated heterocycles. The van der Waals surface area contributed by atoms with E-state index in [1.165, 1.54) is 0 Å². The molecule has 0 radical (unpaired) electrons. The summed E-state index contributed by atoms with van der Waals surface area (Å²) in [6.45, 7) is 7.91. The van der Waals surface area contributed by atoms with E-state index in [1.54, 1.807) is 0 Å². The summed E-state index contributed by atoms with van der Waals surface area (Å²) in [6, 6.07) is 5.86. The van der Waals surface area contributed by atoms with Crippen molar-refractivity contribution in [2.24, 2.45) is 0 Å². The zero-order valence-electron chi connectivity index (χ0n) is 9.65. The Hall–Kier alpha value is -0.830. The Balaban J connectivity index is 2.84. The molecule has 1 unspecified atom stereocenters. The van der Waals surface area contributed by atoms with Gasteiger partial charge in [-0.25, -0.2) is 0 Å². The predicted octanol–water partition coefficient (Wildman–Crippen LogP) is 3.44. The molecular formula is C12H18O2S. The maximum atomic E-state index is 5.61. The molecule has 0 aliphatic heterocycles. The SMILES string of the molecule is Cc1cc(OC(C)C)cc(OC(C)S)c1. The summed E-state index contributed by atoms with van der Waals surface area (Å²) in [5.74, 6) is 1.64. The Bertz CT molecular complexity index is 293. The summed E-state index contributed by atoms with van der Waals surface area (Å²) in [7, 11) is 0. The molecule has 15 heavy (non-hydrogen) atoms. The van der Waals surface area contributed by atoms with Gasteiger partial charge in [0.05, 0.1) is 6.10 Å². The summed E-state index contributed by atoms with van der Waals surface area (Å²) in [5, 5.41) is 0. The third-order valence-corrected chi connectivity index (χ3v) is 1.81. The Kier molecular flexibility index (Phi) is 4.33. The van der Waals surface area contributed by atoms with Gasteiger partial charge in [-0.3, -0.25) is 0 Å². The van der Waals surface area contributed by atoms with Crippen LogP contribution in [0.25, 0.3) is 0 Å². The van der Waals surface area contributed by atoms with E-state index in [0.29, 0.717) is 0 Å². The van der Waals surface area contributed by atoms with Crippen molar-refractivity contribution in [2.75, 3.05) is 0 Å². The lowest BCUT2D eigenvalue weighted by atomic mass is 10.2. The molecule has 1 aromatic carbocycles. The number of aryl methyl sites for hydroxylation is 1. The summed E-state index contributed by atoms with van der Waals surface area (Å²) in [4.78, 5) is 0. The average Bonchev–Trinajstić information content (AvgIpc) is 1.98. The fourth-order valence-electron chi connectivity index (χ4n) is 1.32. The van der Waals surface area contributed by atoms with Crippen LogP contribution < -0.4 is 9.47 Å². The molecule has 0 spiro atoms. The lowest BCUT2D eigenvalue weighted by Crippen LogP contribution is -2.07. The van der Waals surface area contributed by atoms with Crippen molar-refractivity contribution in [1.29, 1.82) is 0 Å². The van der Waals surface area contributed by atoms with Crippen LogP contribution in [0.1, 0.15) is 26.3 Å². The first-order valence-corrected chi connectivity index (χ1v) is 5.62. The maximum Gasteiger partial charge on any atom is 0.138 e. The van der Waals surface area contributed by atoms with Crippen molar-refractivity contribution in [1.82, 2.24) is 0 Å². The van der Waals surface area contributed by atoms with Crippen LogP contribution >= 0.6 is 12.6 Å². The van der Waals surface area contributed by atoms with Crippen LogP contribution in [0.2, 0.25) is 0 Å². The third kappa shape index (κ3) is 4.47. The second kappa shape index (κ2) is 5.31. The zero-order chi connectivity index (χ0) is 11.4. The van der Waals surface area contributed by atoms with Gasteiger partial charge in [0.25, 0.3) is 0 Å². The van der Waals surface area contributed by atoms with E-state index in [-0.39, 0.29) is 11.5 Å². The standard InChI is InChI=1S/C12H18O2S/c1-8(2)13-11-5-9(3)6-12(7-11)14-10(4)15/h5-8,10,15H,1-4H3. The van der Waals surface area contributed by atoms with Gasteiger partial charge >= 0.3 is 0 Å². The normalized spacial score (nSPS) is 12.7. The lowest BCUT2D eigenvalue weighted by Gasteiger charge is -2.14. The zero-order valence-corrected chi connectivity index (χ0v) is 10.5. The molecule has 0 amide bonds. The lowest BCUT2D eigenvalue weighted by molar-refractivity contribution is 0.239. The first kappa shape index (κ1) is 12.2. The highest BCUT2D eigenvalue weighted by molar-refractivity contribution is 7.80. The topological polar surface area (TPSA) is 18.5 Å². The Morgan fingerprint density at radius 1 is 1.00 bits per heavy atom. The number of hydrogen-bond acceptors (Lipinski definition) is 3. The Morgan fingerprint density at radius 3 is 2.00 bits per heavy atom. The van der Waals surface area contributed by atoms with Crippen molar-refractivity contribution >= 4 is 12.6 Å². The van der Waals surface area contributed by atoms with E-state index in [9.17, 15) is 0 Å². The van der Waals surface area contributed by atoms with Gasteiger partial charge in [0.2, 0.25) is 0 Å². The van der Waals surface area contributed by atoms with Crippen LogP contribution in [0, 0.1) is 6.92 Å². The second-order valence-corrected chi connectivity index (χ2v) is 4.59. The minimum absolute atomic E-state index is 0.112. The predicted molar refractivity (Wildman–Crippen MR) is 66.0 cm³/mol. The van der Waals surface area contributed by atoms with Crippen LogP contribution in [0.5, 0.6) is 11.5 Å². The molecule has 1 aromatic rings. The highest BCUT2D eigenvalue weighted by Gasteiger charge is 2.04. The Morgan fingerprint density at radius 2 is 1.53 bits per heavy atom. The highest BCUT2D eigenvalue weighted by atomic mass is 32.1. The van der Waals surface area contributed by atoms with Crippen LogP contribution in [-0.2, 0) is 0 Å². The van der Waals surface area contributed by atoms with Crippen LogP contribution in [0.15, 0.2) is 18.2 Å². The van der Waals surface area contributed by atoms with E-state index < -0.39 is 0 Å². The van der Waals surface area contributed by atoms with E-state index in [2.05, 4.69) is 12.6 Å². The molecular weight excluding hydrogens is 208 g/mol. The number of hydrogen-bond donors (Lipinski definition) is 1. The van der Waals surface area contributed by atoms with Gasteiger partial charge in [-0.05, 0) is 45.4 Å².